The number of esters is 2. The molecule has 0 unspecified atom stereocenters. The number of piperazine rings is 1. The molecule has 1 atom stereocenters. The Balaban J connectivity index is 1.47. The Kier molecular flexibility index (Phi) is 9.16. The number of aromatic carboxylic acids is 1. The summed E-state index contributed by atoms with van der Waals surface area (Å²) in [5.74, 6) is -0.798. The molecule has 1 N–H and O–H groups in total. The van der Waals surface area contributed by atoms with E-state index in [1.807, 2.05) is 6.08 Å². The van der Waals surface area contributed by atoms with Gasteiger partial charge in [-0.3, -0.25) is 0 Å². The van der Waals surface area contributed by atoms with Crippen LogP contribution in [0.5, 0.6) is 0 Å². The van der Waals surface area contributed by atoms with E-state index in [9.17, 15) is 14.4 Å². The molecular weight excluding hydrogens is 452 g/mol. The number of rotatable bonds is 10. The molecule has 10 nitrogen and oxygen atoms in total. The number of carboxylic acids is 1. The van der Waals surface area contributed by atoms with Crippen molar-refractivity contribution < 1.29 is 29.0 Å². The highest BCUT2D eigenvalue weighted by molar-refractivity contribution is 5.91. The van der Waals surface area contributed by atoms with Crippen LogP contribution in [-0.2, 0) is 14.3 Å². The van der Waals surface area contributed by atoms with Gasteiger partial charge in [-0.05, 0) is 37.6 Å². The number of carboxylic acid groups (broad SMARTS) is 1. The molecule has 2 aromatic rings. The quantitative estimate of drug-likeness (QED) is 0.399. The van der Waals surface area contributed by atoms with Crippen LogP contribution in [0.1, 0.15) is 47.4 Å². The van der Waals surface area contributed by atoms with Gasteiger partial charge in [0.05, 0.1) is 11.1 Å². The van der Waals surface area contributed by atoms with E-state index in [0.717, 1.165) is 24.5 Å². The second kappa shape index (κ2) is 12.5. The first kappa shape index (κ1) is 25.7. The molecule has 3 rings (SSSR count). The number of aromatic nitrogens is 2. The molecule has 1 fully saturated rings. The molecule has 35 heavy (non-hydrogen) atoms. The first-order valence-electron chi connectivity index (χ1n) is 11.6. The summed E-state index contributed by atoms with van der Waals surface area (Å²) in [7, 11) is 0. The SMILES string of the molecule is CCCC=CCOC(=O)[C@H](C)OC(=O)c1ccc(N2CCN(c3ccc(C(=O)O)cn3)CC2)nc1. The molecule has 1 aliphatic rings. The highest BCUT2D eigenvalue weighted by Crippen LogP contribution is 2.18. The van der Waals surface area contributed by atoms with E-state index in [1.165, 1.54) is 19.3 Å². The lowest BCUT2D eigenvalue weighted by molar-refractivity contribution is -0.151. The van der Waals surface area contributed by atoms with E-state index < -0.39 is 24.0 Å². The van der Waals surface area contributed by atoms with Crippen molar-refractivity contribution in [2.75, 3.05) is 42.6 Å². The highest BCUT2D eigenvalue weighted by atomic mass is 16.6. The zero-order valence-electron chi connectivity index (χ0n) is 19.9. The highest BCUT2D eigenvalue weighted by Gasteiger charge is 2.22. The lowest BCUT2D eigenvalue weighted by Crippen LogP contribution is -2.47. The van der Waals surface area contributed by atoms with Gasteiger partial charge in [-0.25, -0.2) is 24.4 Å². The van der Waals surface area contributed by atoms with Crippen molar-refractivity contribution >= 4 is 29.5 Å². The normalized spacial score (nSPS) is 14.6. The number of carbonyl (C=O) groups excluding carboxylic acids is 2. The molecule has 0 saturated carbocycles. The van der Waals surface area contributed by atoms with E-state index >= 15 is 0 Å². The van der Waals surface area contributed by atoms with Crippen molar-refractivity contribution in [2.24, 2.45) is 0 Å². The van der Waals surface area contributed by atoms with E-state index in [-0.39, 0.29) is 17.7 Å². The Morgan fingerprint density at radius 3 is 2.03 bits per heavy atom. The molecule has 1 saturated heterocycles. The number of ether oxygens (including phenoxy) is 2. The third-order valence-corrected chi connectivity index (χ3v) is 5.47. The van der Waals surface area contributed by atoms with Crippen molar-refractivity contribution in [1.29, 1.82) is 0 Å². The van der Waals surface area contributed by atoms with Gasteiger partial charge in [-0.1, -0.05) is 25.5 Å². The summed E-state index contributed by atoms with van der Waals surface area (Å²) in [6, 6.07) is 6.61. The second-order valence-corrected chi connectivity index (χ2v) is 8.03. The van der Waals surface area contributed by atoms with Crippen LogP contribution in [0, 0.1) is 0 Å². The molecule has 3 heterocycles. The minimum atomic E-state index is -1.02. The van der Waals surface area contributed by atoms with Crippen LogP contribution in [0.25, 0.3) is 0 Å². The Morgan fingerprint density at radius 2 is 1.54 bits per heavy atom. The van der Waals surface area contributed by atoms with Crippen LogP contribution in [0.4, 0.5) is 11.6 Å². The summed E-state index contributed by atoms with van der Waals surface area (Å²) in [4.78, 5) is 48.1. The lowest BCUT2D eigenvalue weighted by atomic mass is 10.2. The summed E-state index contributed by atoms with van der Waals surface area (Å²) in [6.45, 7) is 6.44. The van der Waals surface area contributed by atoms with E-state index in [1.54, 1.807) is 30.3 Å². The van der Waals surface area contributed by atoms with Gasteiger partial charge in [-0.15, -0.1) is 0 Å². The summed E-state index contributed by atoms with van der Waals surface area (Å²) in [5, 5.41) is 9.00. The number of anilines is 2. The predicted molar refractivity (Wildman–Crippen MR) is 130 cm³/mol. The smallest absolute Gasteiger partial charge is 0.347 e. The zero-order valence-corrected chi connectivity index (χ0v) is 19.9. The van der Waals surface area contributed by atoms with Gasteiger partial charge >= 0.3 is 17.9 Å². The second-order valence-electron chi connectivity index (χ2n) is 8.03. The zero-order chi connectivity index (χ0) is 25.2. The average Bonchev–Trinajstić information content (AvgIpc) is 2.88. The average molecular weight is 483 g/mol. The molecule has 0 amide bonds. The molecule has 0 aliphatic carbocycles. The molecule has 1 aliphatic heterocycles. The third kappa shape index (κ3) is 7.26. The number of unbranched alkanes of at least 4 members (excludes halogenated alkanes) is 1. The van der Waals surface area contributed by atoms with Gasteiger partial charge in [0.15, 0.2) is 6.10 Å². The van der Waals surface area contributed by atoms with Crippen LogP contribution in [0.2, 0.25) is 0 Å². The van der Waals surface area contributed by atoms with Gasteiger partial charge in [0.2, 0.25) is 0 Å². The fourth-order valence-electron chi connectivity index (χ4n) is 3.44. The number of carbonyl (C=O) groups is 3. The number of pyridine rings is 2. The van der Waals surface area contributed by atoms with Gasteiger partial charge in [0.1, 0.15) is 18.2 Å². The first-order chi connectivity index (χ1) is 16.9. The topological polar surface area (TPSA) is 122 Å². The number of allylic oxidation sites excluding steroid dienone is 1. The lowest BCUT2D eigenvalue weighted by Gasteiger charge is -2.36. The molecule has 186 valence electrons. The van der Waals surface area contributed by atoms with Crippen LogP contribution in [0.3, 0.4) is 0 Å². The van der Waals surface area contributed by atoms with E-state index in [0.29, 0.717) is 26.2 Å². The molecule has 0 spiro atoms. The maximum absolute atomic E-state index is 12.4. The largest absolute Gasteiger partial charge is 0.478 e. The van der Waals surface area contributed by atoms with E-state index in [2.05, 4.69) is 26.7 Å². The summed E-state index contributed by atoms with van der Waals surface area (Å²) in [5.41, 5.74) is 0.402. The van der Waals surface area contributed by atoms with Crippen molar-refractivity contribution in [3.05, 3.63) is 59.9 Å². The minimum Gasteiger partial charge on any atom is -0.478 e. The van der Waals surface area contributed by atoms with Crippen LogP contribution >= 0.6 is 0 Å². The standard InChI is InChI=1S/C25H30N4O6/c1-3-4-5-6-15-34-24(32)18(2)35-25(33)20-8-10-22(27-17-20)29-13-11-28(12-14-29)21-9-7-19(16-26-21)23(30)31/h5-10,16-18H,3-4,11-15H2,1-2H3,(H,30,31)/t18-/m0/s1. The predicted octanol–water partition coefficient (Wildman–Crippen LogP) is 2.95. The monoisotopic (exact) mass is 482 g/mol. The number of nitrogens with zero attached hydrogens (tertiary/aromatic N) is 4. The van der Waals surface area contributed by atoms with Gasteiger partial charge in [0.25, 0.3) is 0 Å². The van der Waals surface area contributed by atoms with Crippen LogP contribution in [-0.4, -0.2) is 71.9 Å². The summed E-state index contributed by atoms with van der Waals surface area (Å²) in [6.07, 6.45) is 7.41. The summed E-state index contributed by atoms with van der Waals surface area (Å²) >= 11 is 0. The molecule has 2 aromatic heterocycles. The molecule has 0 bridgehead atoms. The number of hydrogen-bond donors (Lipinski definition) is 1. The summed E-state index contributed by atoms with van der Waals surface area (Å²) < 4.78 is 10.3. The molecule has 10 heteroatoms. The Bertz CT molecular complexity index is 1030. The third-order valence-electron chi connectivity index (χ3n) is 5.47. The molecular formula is C25H30N4O6. The Hall–Kier alpha value is -3.95. The molecule has 0 radical (unpaired) electrons. The minimum absolute atomic E-state index is 0.147. The van der Waals surface area contributed by atoms with Crippen molar-refractivity contribution in [2.45, 2.75) is 32.8 Å². The van der Waals surface area contributed by atoms with Crippen molar-refractivity contribution in [3.8, 4) is 0 Å². The van der Waals surface area contributed by atoms with Crippen molar-refractivity contribution in [3.63, 3.8) is 0 Å². The van der Waals surface area contributed by atoms with Gasteiger partial charge in [-0.2, -0.15) is 0 Å². The first-order valence-corrected chi connectivity index (χ1v) is 11.6. The number of hydrogen-bond acceptors (Lipinski definition) is 9. The van der Waals surface area contributed by atoms with E-state index in [4.69, 9.17) is 14.6 Å². The maximum atomic E-state index is 12.4. The maximum Gasteiger partial charge on any atom is 0.347 e. The fourth-order valence-corrected chi connectivity index (χ4v) is 3.44. The van der Waals surface area contributed by atoms with Crippen LogP contribution in [0.15, 0.2) is 48.8 Å². The molecule has 0 aromatic carbocycles. The van der Waals surface area contributed by atoms with Gasteiger partial charge in [0, 0.05) is 38.6 Å². The van der Waals surface area contributed by atoms with Crippen molar-refractivity contribution in [1.82, 2.24) is 9.97 Å². The Morgan fingerprint density at radius 1 is 0.971 bits per heavy atom. The fraction of sp³-hybridized carbons (Fsp3) is 0.400. The van der Waals surface area contributed by atoms with Gasteiger partial charge < -0.3 is 24.4 Å². The van der Waals surface area contributed by atoms with Crippen LogP contribution < -0.4 is 9.80 Å². The Labute approximate surface area is 204 Å².